The number of thiazole rings is 1. The largest absolute Gasteiger partial charge is 0.331 e. The number of carbonyl (C=O) groups excluding carboxylic acids is 3. The predicted molar refractivity (Wildman–Crippen MR) is 50.9 cm³/mol. The molecule has 0 bridgehead atoms. The first kappa shape index (κ1) is 9.78. The first-order chi connectivity index (χ1) is 7.08. The van der Waals surface area contributed by atoms with E-state index in [-0.39, 0.29) is 6.54 Å². The van der Waals surface area contributed by atoms with Gasteiger partial charge in [0.15, 0.2) is 0 Å². The van der Waals surface area contributed by atoms with E-state index in [0.717, 1.165) is 14.8 Å². The van der Waals surface area contributed by atoms with Crippen molar-refractivity contribution in [2.45, 2.75) is 13.5 Å². The number of imide groups is 2. The van der Waals surface area contributed by atoms with Crippen molar-refractivity contribution in [3.05, 3.63) is 16.1 Å². The molecule has 1 N–H and O–H groups in total. The summed E-state index contributed by atoms with van der Waals surface area (Å²) in [6.07, 6.45) is 1.59. The number of carbonyl (C=O) groups is 3. The molecule has 1 aliphatic rings. The Balaban J connectivity index is 2.16. The lowest BCUT2D eigenvalue weighted by Crippen LogP contribution is -2.30. The van der Waals surface area contributed by atoms with Gasteiger partial charge in [-0.3, -0.25) is 19.8 Å². The van der Waals surface area contributed by atoms with Gasteiger partial charge in [0.1, 0.15) is 0 Å². The summed E-state index contributed by atoms with van der Waals surface area (Å²) in [6.45, 7) is 1.92. The van der Waals surface area contributed by atoms with Crippen molar-refractivity contribution in [3.63, 3.8) is 0 Å². The van der Waals surface area contributed by atoms with Gasteiger partial charge < -0.3 is 0 Å². The Morgan fingerprint density at radius 3 is 2.67 bits per heavy atom. The highest BCUT2D eigenvalue weighted by Gasteiger charge is 2.36. The van der Waals surface area contributed by atoms with E-state index in [0.29, 0.717) is 0 Å². The van der Waals surface area contributed by atoms with Crippen molar-refractivity contribution in [1.82, 2.24) is 15.2 Å². The Bertz CT molecular complexity index is 454. The first-order valence-electron chi connectivity index (χ1n) is 4.16. The average Bonchev–Trinajstić information content (AvgIpc) is 2.67. The number of amides is 4. The maximum atomic E-state index is 11.2. The molecule has 0 saturated carbocycles. The van der Waals surface area contributed by atoms with Crippen molar-refractivity contribution in [3.8, 4) is 0 Å². The van der Waals surface area contributed by atoms with Gasteiger partial charge >= 0.3 is 17.8 Å². The molecule has 0 aliphatic carbocycles. The van der Waals surface area contributed by atoms with E-state index >= 15 is 0 Å². The van der Waals surface area contributed by atoms with Gasteiger partial charge in [-0.05, 0) is 6.92 Å². The number of hydrogen-bond acceptors (Lipinski definition) is 5. The molecule has 78 valence electrons. The fourth-order valence-electron chi connectivity index (χ4n) is 1.21. The molecule has 0 spiro atoms. The smallest absolute Gasteiger partial charge is 0.269 e. The molecule has 1 aromatic rings. The third-order valence-corrected chi connectivity index (χ3v) is 2.79. The molecule has 2 rings (SSSR count). The number of urea groups is 1. The fraction of sp³-hybridized carbons (Fsp3) is 0.250. The summed E-state index contributed by atoms with van der Waals surface area (Å²) >= 11 is 1.38. The molecule has 15 heavy (non-hydrogen) atoms. The number of aromatic nitrogens is 1. The molecule has 0 atom stereocenters. The maximum Gasteiger partial charge on any atom is 0.331 e. The quantitative estimate of drug-likeness (QED) is 0.569. The van der Waals surface area contributed by atoms with E-state index in [9.17, 15) is 14.4 Å². The second kappa shape index (κ2) is 3.43. The summed E-state index contributed by atoms with van der Waals surface area (Å²) in [7, 11) is 0. The Hall–Kier alpha value is -1.76. The van der Waals surface area contributed by atoms with Crippen molar-refractivity contribution in [1.29, 1.82) is 0 Å². The van der Waals surface area contributed by atoms with Crippen LogP contribution in [0.2, 0.25) is 0 Å². The summed E-state index contributed by atoms with van der Waals surface area (Å²) in [5.41, 5.74) is 0. The summed E-state index contributed by atoms with van der Waals surface area (Å²) in [5.74, 6) is -1.69. The summed E-state index contributed by atoms with van der Waals surface area (Å²) in [5, 5.41) is 2.78. The number of aryl methyl sites for hydroxylation is 1. The van der Waals surface area contributed by atoms with Crippen LogP contribution < -0.4 is 5.32 Å². The highest BCUT2D eigenvalue weighted by Crippen LogP contribution is 2.15. The van der Waals surface area contributed by atoms with Crippen molar-refractivity contribution >= 4 is 29.2 Å². The van der Waals surface area contributed by atoms with Crippen molar-refractivity contribution in [2.24, 2.45) is 0 Å². The number of nitrogens with zero attached hydrogens (tertiary/aromatic N) is 2. The van der Waals surface area contributed by atoms with E-state index in [4.69, 9.17) is 0 Å². The lowest BCUT2D eigenvalue weighted by Gasteiger charge is -2.08. The fourth-order valence-corrected chi connectivity index (χ4v) is 1.99. The van der Waals surface area contributed by atoms with Crippen LogP contribution in [0, 0.1) is 6.92 Å². The van der Waals surface area contributed by atoms with E-state index in [2.05, 4.69) is 4.98 Å². The summed E-state index contributed by atoms with van der Waals surface area (Å²) in [6, 6.07) is -0.670. The Morgan fingerprint density at radius 2 is 2.20 bits per heavy atom. The van der Waals surface area contributed by atoms with Crippen LogP contribution in [0.5, 0.6) is 0 Å². The molecular formula is C8H7N3O3S. The molecule has 0 unspecified atom stereocenters. The topological polar surface area (TPSA) is 79.4 Å². The molecule has 4 amide bonds. The summed E-state index contributed by atoms with van der Waals surface area (Å²) < 4.78 is 0. The predicted octanol–water partition coefficient (Wildman–Crippen LogP) is 0.0299. The zero-order valence-electron chi connectivity index (χ0n) is 7.81. The third kappa shape index (κ3) is 1.73. The van der Waals surface area contributed by atoms with Crippen LogP contribution in [-0.4, -0.2) is 27.7 Å². The van der Waals surface area contributed by atoms with Gasteiger partial charge in [-0.2, -0.15) is 0 Å². The van der Waals surface area contributed by atoms with E-state index < -0.39 is 17.8 Å². The Morgan fingerprint density at radius 1 is 1.47 bits per heavy atom. The second-order valence-electron chi connectivity index (χ2n) is 3.00. The average molecular weight is 225 g/mol. The standard InChI is InChI=1S/C8H7N3O3S/c1-4-9-2-5(15-4)3-11-7(13)6(12)10-8(11)14/h2H,3H2,1H3,(H,10,12,14). The van der Waals surface area contributed by atoms with Crippen LogP contribution in [0.4, 0.5) is 4.79 Å². The SMILES string of the molecule is Cc1ncc(CN2C(=O)NC(=O)C2=O)s1. The van der Waals surface area contributed by atoms with Gasteiger partial charge in [-0.25, -0.2) is 9.78 Å². The molecule has 0 radical (unpaired) electrons. The lowest BCUT2D eigenvalue weighted by atomic mass is 10.4. The van der Waals surface area contributed by atoms with Gasteiger partial charge in [-0.1, -0.05) is 0 Å². The van der Waals surface area contributed by atoms with Crippen molar-refractivity contribution < 1.29 is 14.4 Å². The minimum Gasteiger partial charge on any atom is -0.269 e. The number of rotatable bonds is 2. The molecule has 1 aliphatic heterocycles. The highest BCUT2D eigenvalue weighted by atomic mass is 32.1. The van der Waals surface area contributed by atoms with Gasteiger partial charge in [0, 0.05) is 11.1 Å². The van der Waals surface area contributed by atoms with E-state index in [1.807, 2.05) is 12.2 Å². The Labute approximate surface area is 88.9 Å². The zero-order chi connectivity index (χ0) is 11.0. The number of nitrogens with one attached hydrogen (secondary N) is 1. The maximum absolute atomic E-state index is 11.2. The van der Waals surface area contributed by atoms with Gasteiger partial charge in [0.2, 0.25) is 0 Å². The van der Waals surface area contributed by atoms with Crippen LogP contribution in [0.3, 0.4) is 0 Å². The molecule has 1 aromatic heterocycles. The minimum atomic E-state index is -0.874. The Kier molecular flexibility index (Phi) is 2.24. The summed E-state index contributed by atoms with van der Waals surface area (Å²) in [4.78, 5) is 38.9. The van der Waals surface area contributed by atoms with E-state index in [1.54, 1.807) is 6.20 Å². The number of hydrogen-bond donors (Lipinski definition) is 1. The second-order valence-corrected chi connectivity index (χ2v) is 4.32. The van der Waals surface area contributed by atoms with Gasteiger partial charge in [0.25, 0.3) is 0 Å². The molecule has 6 nitrogen and oxygen atoms in total. The van der Waals surface area contributed by atoms with Gasteiger partial charge in [0.05, 0.1) is 11.6 Å². The first-order valence-corrected chi connectivity index (χ1v) is 4.97. The molecule has 0 aromatic carbocycles. The molecule has 1 fully saturated rings. The van der Waals surface area contributed by atoms with Gasteiger partial charge in [-0.15, -0.1) is 11.3 Å². The third-order valence-electron chi connectivity index (χ3n) is 1.89. The van der Waals surface area contributed by atoms with Crippen LogP contribution in [0.25, 0.3) is 0 Å². The minimum absolute atomic E-state index is 0.0991. The van der Waals surface area contributed by atoms with Crippen LogP contribution in [0.1, 0.15) is 9.88 Å². The molecular weight excluding hydrogens is 218 g/mol. The van der Waals surface area contributed by atoms with E-state index in [1.165, 1.54) is 11.3 Å². The van der Waals surface area contributed by atoms with Crippen LogP contribution >= 0.6 is 11.3 Å². The van der Waals surface area contributed by atoms with Crippen LogP contribution in [-0.2, 0) is 16.1 Å². The zero-order valence-corrected chi connectivity index (χ0v) is 8.63. The molecule has 2 heterocycles. The lowest BCUT2D eigenvalue weighted by molar-refractivity contribution is -0.140. The van der Waals surface area contributed by atoms with Crippen LogP contribution in [0.15, 0.2) is 6.20 Å². The highest BCUT2D eigenvalue weighted by molar-refractivity contribution is 7.11. The molecule has 7 heteroatoms. The molecule has 1 saturated heterocycles. The van der Waals surface area contributed by atoms with Crippen molar-refractivity contribution in [2.75, 3.05) is 0 Å². The normalized spacial score (nSPS) is 16.1. The monoisotopic (exact) mass is 225 g/mol.